The number of hydrogen-bond donors (Lipinski definition) is 1. The number of aryl methyl sites for hydroxylation is 3. The van der Waals surface area contributed by atoms with Gasteiger partial charge in [0, 0.05) is 31.0 Å². The molecule has 2 aromatic rings. The first-order chi connectivity index (χ1) is 9.06. The molecule has 0 aliphatic heterocycles. The Kier molecular flexibility index (Phi) is 4.26. The summed E-state index contributed by atoms with van der Waals surface area (Å²) in [7, 11) is 1.87. The van der Waals surface area contributed by atoms with Gasteiger partial charge in [0.2, 0.25) is 5.91 Å². The maximum absolute atomic E-state index is 11.8. The molecular weight excluding hydrogens is 262 g/mol. The van der Waals surface area contributed by atoms with E-state index in [1.54, 1.807) is 17.7 Å². The van der Waals surface area contributed by atoms with Gasteiger partial charge in [0.1, 0.15) is 17.2 Å². The Balaban J connectivity index is 1.83. The number of hydrogen-bond acceptors (Lipinski definition) is 5. The Bertz CT molecular complexity index is 562. The molecule has 0 spiro atoms. The Morgan fingerprint density at radius 2 is 2.37 bits per heavy atom. The molecule has 2 heterocycles. The zero-order valence-corrected chi connectivity index (χ0v) is 12.1. The molecule has 0 saturated heterocycles. The van der Waals surface area contributed by atoms with Crippen molar-refractivity contribution in [3.8, 4) is 0 Å². The highest BCUT2D eigenvalue weighted by molar-refractivity contribution is 7.09. The summed E-state index contributed by atoms with van der Waals surface area (Å²) in [6, 6.07) is -0.0503. The molecule has 0 fully saturated rings. The van der Waals surface area contributed by atoms with Gasteiger partial charge in [0.15, 0.2) is 0 Å². The molecule has 0 bridgehead atoms. The van der Waals surface area contributed by atoms with Crippen LogP contribution in [-0.2, 0) is 18.3 Å². The van der Waals surface area contributed by atoms with Crippen molar-refractivity contribution < 1.29 is 4.79 Å². The van der Waals surface area contributed by atoms with Crippen LogP contribution in [0.4, 0.5) is 0 Å². The normalized spacial score (nSPS) is 12.4. The largest absolute Gasteiger partial charge is 0.347 e. The lowest BCUT2D eigenvalue weighted by molar-refractivity contribution is -0.121. The third-order valence-electron chi connectivity index (χ3n) is 2.77. The zero-order chi connectivity index (χ0) is 13.8. The molecule has 2 rings (SSSR count). The SMILES string of the molecule is Cc1csc([C@H](C)NC(=O)CCc2nncn2C)n1. The summed E-state index contributed by atoms with van der Waals surface area (Å²) in [5.41, 5.74) is 0.986. The highest BCUT2D eigenvalue weighted by Crippen LogP contribution is 2.17. The second-order valence-corrected chi connectivity index (χ2v) is 5.36. The van der Waals surface area contributed by atoms with Crippen molar-refractivity contribution in [1.82, 2.24) is 25.1 Å². The van der Waals surface area contributed by atoms with Gasteiger partial charge in [-0.2, -0.15) is 0 Å². The fourth-order valence-corrected chi connectivity index (χ4v) is 2.51. The Labute approximate surface area is 115 Å². The molecule has 0 unspecified atom stereocenters. The van der Waals surface area contributed by atoms with Crippen molar-refractivity contribution in [2.45, 2.75) is 32.7 Å². The van der Waals surface area contributed by atoms with Gasteiger partial charge < -0.3 is 9.88 Å². The van der Waals surface area contributed by atoms with E-state index in [0.717, 1.165) is 16.5 Å². The van der Waals surface area contributed by atoms with Gasteiger partial charge in [0.25, 0.3) is 0 Å². The third-order valence-corrected chi connectivity index (χ3v) is 3.91. The van der Waals surface area contributed by atoms with E-state index in [1.165, 1.54) is 0 Å². The lowest BCUT2D eigenvalue weighted by Gasteiger charge is -2.10. The topological polar surface area (TPSA) is 72.7 Å². The average Bonchev–Trinajstić information content (AvgIpc) is 2.95. The van der Waals surface area contributed by atoms with Gasteiger partial charge in [-0.3, -0.25) is 4.79 Å². The van der Waals surface area contributed by atoms with Gasteiger partial charge in [-0.05, 0) is 13.8 Å². The van der Waals surface area contributed by atoms with E-state index >= 15 is 0 Å². The van der Waals surface area contributed by atoms with E-state index in [4.69, 9.17) is 0 Å². The van der Waals surface area contributed by atoms with Crippen LogP contribution in [0.3, 0.4) is 0 Å². The van der Waals surface area contributed by atoms with E-state index < -0.39 is 0 Å². The minimum absolute atomic E-state index is 0.00310. The van der Waals surface area contributed by atoms with Crippen molar-refractivity contribution in [1.29, 1.82) is 0 Å². The molecule has 19 heavy (non-hydrogen) atoms. The van der Waals surface area contributed by atoms with Crippen LogP contribution in [0.2, 0.25) is 0 Å². The Hall–Kier alpha value is -1.76. The minimum Gasteiger partial charge on any atom is -0.347 e. The number of thiazole rings is 1. The first-order valence-electron chi connectivity index (χ1n) is 6.10. The fourth-order valence-electron chi connectivity index (χ4n) is 1.71. The van der Waals surface area contributed by atoms with E-state index in [-0.39, 0.29) is 11.9 Å². The van der Waals surface area contributed by atoms with Crippen LogP contribution in [-0.4, -0.2) is 25.7 Å². The summed E-state index contributed by atoms with van der Waals surface area (Å²) in [5, 5.41) is 13.6. The summed E-state index contributed by atoms with van der Waals surface area (Å²) in [6.07, 6.45) is 2.63. The molecule has 1 N–H and O–H groups in total. The van der Waals surface area contributed by atoms with Crippen molar-refractivity contribution >= 4 is 17.2 Å². The maximum Gasteiger partial charge on any atom is 0.221 e. The van der Waals surface area contributed by atoms with Crippen LogP contribution < -0.4 is 5.32 Å². The Morgan fingerprint density at radius 1 is 1.58 bits per heavy atom. The predicted octanol–water partition coefficient (Wildman–Crippen LogP) is 1.39. The Morgan fingerprint density at radius 3 is 2.95 bits per heavy atom. The summed E-state index contributed by atoms with van der Waals surface area (Å²) in [6.45, 7) is 3.89. The number of carbonyl (C=O) groups is 1. The van der Waals surface area contributed by atoms with Gasteiger partial charge in [-0.25, -0.2) is 4.98 Å². The van der Waals surface area contributed by atoms with Gasteiger partial charge in [-0.15, -0.1) is 21.5 Å². The van der Waals surface area contributed by atoms with E-state index in [1.807, 2.05) is 30.8 Å². The smallest absolute Gasteiger partial charge is 0.221 e. The number of nitrogens with one attached hydrogen (secondary N) is 1. The first-order valence-corrected chi connectivity index (χ1v) is 6.98. The van der Waals surface area contributed by atoms with Crippen LogP contribution in [0, 0.1) is 6.92 Å². The molecule has 0 aliphatic carbocycles. The third kappa shape index (κ3) is 3.60. The zero-order valence-electron chi connectivity index (χ0n) is 11.3. The number of carbonyl (C=O) groups excluding carboxylic acids is 1. The number of rotatable bonds is 5. The molecule has 0 radical (unpaired) electrons. The molecule has 7 heteroatoms. The molecular formula is C12H17N5OS. The number of aromatic nitrogens is 4. The lowest BCUT2D eigenvalue weighted by Crippen LogP contribution is -2.27. The van der Waals surface area contributed by atoms with Crippen molar-refractivity contribution in [3.05, 3.63) is 28.2 Å². The van der Waals surface area contributed by atoms with Crippen molar-refractivity contribution in [2.75, 3.05) is 0 Å². The number of amides is 1. The molecule has 2 aromatic heterocycles. The quantitative estimate of drug-likeness (QED) is 0.897. The van der Waals surface area contributed by atoms with Crippen molar-refractivity contribution in [3.63, 3.8) is 0 Å². The standard InChI is InChI=1S/C12H17N5OS/c1-8-6-19-12(14-8)9(2)15-11(18)5-4-10-16-13-7-17(10)3/h6-7,9H,4-5H2,1-3H3,(H,15,18)/t9-/m0/s1. The predicted molar refractivity (Wildman–Crippen MR) is 72.7 cm³/mol. The second-order valence-electron chi connectivity index (χ2n) is 4.47. The maximum atomic E-state index is 11.8. The van der Waals surface area contributed by atoms with Crippen LogP contribution in [0.15, 0.2) is 11.7 Å². The first kappa shape index (κ1) is 13.7. The van der Waals surface area contributed by atoms with Crippen LogP contribution in [0.5, 0.6) is 0 Å². The van der Waals surface area contributed by atoms with E-state index in [9.17, 15) is 4.79 Å². The highest BCUT2D eigenvalue weighted by Gasteiger charge is 2.13. The summed E-state index contributed by atoms with van der Waals surface area (Å²) in [4.78, 5) is 16.2. The molecule has 0 aromatic carbocycles. The molecule has 102 valence electrons. The second kappa shape index (κ2) is 5.92. The summed E-state index contributed by atoms with van der Waals surface area (Å²) >= 11 is 1.57. The highest BCUT2D eigenvalue weighted by atomic mass is 32.1. The van der Waals surface area contributed by atoms with Gasteiger partial charge in [-0.1, -0.05) is 0 Å². The molecule has 6 nitrogen and oxygen atoms in total. The summed E-state index contributed by atoms with van der Waals surface area (Å²) in [5.74, 6) is 0.816. The van der Waals surface area contributed by atoms with Crippen LogP contribution in [0.25, 0.3) is 0 Å². The van der Waals surface area contributed by atoms with Gasteiger partial charge >= 0.3 is 0 Å². The molecule has 0 saturated carbocycles. The van der Waals surface area contributed by atoms with Crippen LogP contribution >= 0.6 is 11.3 Å². The van der Waals surface area contributed by atoms with E-state index in [2.05, 4.69) is 20.5 Å². The average molecular weight is 279 g/mol. The monoisotopic (exact) mass is 279 g/mol. The molecule has 1 amide bonds. The lowest BCUT2D eigenvalue weighted by atomic mass is 10.2. The summed E-state index contributed by atoms with van der Waals surface area (Å²) < 4.78 is 1.82. The fraction of sp³-hybridized carbons (Fsp3) is 0.500. The molecule has 0 aliphatic rings. The minimum atomic E-state index is -0.0503. The number of nitrogens with zero attached hydrogens (tertiary/aromatic N) is 4. The van der Waals surface area contributed by atoms with Crippen molar-refractivity contribution in [2.24, 2.45) is 7.05 Å². The van der Waals surface area contributed by atoms with E-state index in [0.29, 0.717) is 12.8 Å². The van der Waals surface area contributed by atoms with Gasteiger partial charge in [0.05, 0.1) is 6.04 Å². The molecule has 1 atom stereocenters. The van der Waals surface area contributed by atoms with Crippen LogP contribution in [0.1, 0.15) is 35.9 Å².